The lowest BCUT2D eigenvalue weighted by molar-refractivity contribution is -0.302. The molecule has 0 saturated carbocycles. The van der Waals surface area contributed by atoms with E-state index in [-0.39, 0.29) is 12.5 Å². The fourth-order valence-corrected chi connectivity index (χ4v) is 4.73. The normalized spacial score (nSPS) is 25.6. The Hall–Kier alpha value is -0.810. The van der Waals surface area contributed by atoms with Gasteiger partial charge in [0.25, 0.3) is 0 Å². The lowest BCUT2D eigenvalue weighted by Gasteiger charge is -2.40. The van der Waals surface area contributed by atoms with Gasteiger partial charge in [0, 0.05) is 6.42 Å². The summed E-state index contributed by atoms with van der Waals surface area (Å²) < 4.78 is 11.0. The van der Waals surface area contributed by atoms with Crippen LogP contribution in [0.15, 0.2) is 0 Å². The molecule has 7 atom stereocenters. The Morgan fingerprint density at radius 1 is 0.811 bits per heavy atom. The van der Waals surface area contributed by atoms with Crippen LogP contribution in [0.5, 0.6) is 0 Å². The average Bonchev–Trinajstić information content (AvgIpc) is 2.88. The molecule has 0 aromatic rings. The Balaban J connectivity index is 2.34. The molecule has 1 aliphatic heterocycles. The van der Waals surface area contributed by atoms with E-state index in [4.69, 9.17) is 9.47 Å². The van der Waals surface area contributed by atoms with E-state index in [1.54, 1.807) is 0 Å². The number of hydrogen-bond donors (Lipinski definition) is 6. The van der Waals surface area contributed by atoms with E-state index in [2.05, 4.69) is 12.2 Å². The van der Waals surface area contributed by atoms with Crippen LogP contribution in [0.4, 0.5) is 0 Å². The molecule has 9 nitrogen and oxygen atoms in total. The molecule has 9 heteroatoms. The molecule has 0 bridgehead atoms. The number of rotatable bonds is 22. The molecule has 220 valence electrons. The fourth-order valence-electron chi connectivity index (χ4n) is 4.73. The van der Waals surface area contributed by atoms with Crippen molar-refractivity contribution in [3.8, 4) is 0 Å². The van der Waals surface area contributed by atoms with Crippen LogP contribution in [0.1, 0.15) is 117 Å². The largest absolute Gasteiger partial charge is 0.394 e. The number of unbranched alkanes of at least 4 members (excludes halogenated alkanes) is 12. The first kappa shape index (κ1) is 34.2. The molecule has 6 N–H and O–H groups in total. The van der Waals surface area contributed by atoms with Crippen LogP contribution in [0.2, 0.25) is 0 Å². The van der Waals surface area contributed by atoms with Gasteiger partial charge in [-0.25, -0.2) is 0 Å². The van der Waals surface area contributed by atoms with Gasteiger partial charge in [-0.2, -0.15) is 0 Å². The third-order valence-electron chi connectivity index (χ3n) is 7.18. The summed E-state index contributed by atoms with van der Waals surface area (Å²) in [7, 11) is 0. The molecule has 1 saturated heterocycles. The van der Waals surface area contributed by atoms with Gasteiger partial charge in [-0.05, 0) is 12.8 Å². The molecule has 1 amide bonds. The first-order valence-corrected chi connectivity index (χ1v) is 14.7. The minimum Gasteiger partial charge on any atom is -0.394 e. The van der Waals surface area contributed by atoms with Crippen LogP contribution in [0.25, 0.3) is 0 Å². The molecule has 1 heterocycles. The summed E-state index contributed by atoms with van der Waals surface area (Å²) in [5.74, 6) is -0.200. The molecule has 0 aromatic heterocycles. The first-order valence-electron chi connectivity index (χ1n) is 14.7. The average molecular weight is 534 g/mol. The van der Waals surface area contributed by atoms with Gasteiger partial charge in [0.15, 0.2) is 6.29 Å². The zero-order valence-corrected chi connectivity index (χ0v) is 23.2. The van der Waals surface area contributed by atoms with Crippen molar-refractivity contribution in [1.29, 1.82) is 0 Å². The van der Waals surface area contributed by atoms with E-state index in [1.165, 1.54) is 64.2 Å². The number of carbonyl (C=O) groups is 1. The standard InChI is InChI=1S/C28H55NO8/c1-3-5-6-7-8-9-10-11-12-13-14-15-16-18-22(31)21(29-24(32)17-4-2)20-36-28-27(35)26(34)25(33)23(19-30)37-28/h21-23,25-28,30-31,33-35H,3-20H2,1-2H3,(H,29,32). The molecule has 7 unspecified atom stereocenters. The number of nitrogens with one attached hydrogen (secondary N) is 1. The molecule has 0 spiro atoms. The minimum absolute atomic E-state index is 0.141. The highest BCUT2D eigenvalue weighted by Gasteiger charge is 2.44. The molecule has 37 heavy (non-hydrogen) atoms. The summed E-state index contributed by atoms with van der Waals surface area (Å²) in [6.45, 7) is 3.44. The molecule has 0 radical (unpaired) electrons. The zero-order valence-electron chi connectivity index (χ0n) is 23.2. The Morgan fingerprint density at radius 2 is 1.35 bits per heavy atom. The molecular formula is C28H55NO8. The first-order chi connectivity index (χ1) is 17.8. The van der Waals surface area contributed by atoms with Crippen LogP contribution in [-0.2, 0) is 14.3 Å². The summed E-state index contributed by atoms with van der Waals surface area (Å²) in [5.41, 5.74) is 0. The van der Waals surface area contributed by atoms with Gasteiger partial charge in [0.1, 0.15) is 24.4 Å². The SMILES string of the molecule is CCCCCCCCCCCCCCCC(O)C(COC1OC(CO)C(O)C(O)C1O)NC(=O)CCC. The number of ether oxygens (including phenoxy) is 2. The van der Waals surface area contributed by atoms with Crippen molar-refractivity contribution in [2.75, 3.05) is 13.2 Å². The van der Waals surface area contributed by atoms with E-state index in [1.807, 2.05) is 6.92 Å². The highest BCUT2D eigenvalue weighted by Crippen LogP contribution is 2.22. The summed E-state index contributed by atoms with van der Waals surface area (Å²) in [5, 5.41) is 53.0. The fraction of sp³-hybridized carbons (Fsp3) is 0.964. The van der Waals surface area contributed by atoms with Gasteiger partial charge in [-0.15, -0.1) is 0 Å². The summed E-state index contributed by atoms with van der Waals surface area (Å²) >= 11 is 0. The second-order valence-electron chi connectivity index (χ2n) is 10.6. The van der Waals surface area contributed by atoms with Gasteiger partial charge >= 0.3 is 0 Å². The Morgan fingerprint density at radius 3 is 1.86 bits per heavy atom. The Labute approximate surface area is 223 Å². The number of carbonyl (C=O) groups excluding carboxylic acids is 1. The quantitative estimate of drug-likeness (QED) is 0.116. The Kier molecular flexibility index (Phi) is 19.5. The molecular weight excluding hydrogens is 478 g/mol. The van der Waals surface area contributed by atoms with Crippen molar-refractivity contribution in [3.63, 3.8) is 0 Å². The second kappa shape index (κ2) is 21.1. The third-order valence-corrected chi connectivity index (χ3v) is 7.18. The number of aliphatic hydroxyl groups excluding tert-OH is 5. The molecule has 0 aromatic carbocycles. The van der Waals surface area contributed by atoms with Crippen molar-refractivity contribution in [1.82, 2.24) is 5.32 Å². The lowest BCUT2D eigenvalue weighted by Crippen LogP contribution is -2.60. The van der Waals surface area contributed by atoms with Gasteiger partial charge in [-0.3, -0.25) is 4.79 Å². The van der Waals surface area contributed by atoms with Crippen molar-refractivity contribution in [3.05, 3.63) is 0 Å². The molecule has 1 rings (SSSR count). The number of aliphatic hydroxyl groups is 5. The van der Waals surface area contributed by atoms with Crippen LogP contribution < -0.4 is 5.32 Å². The van der Waals surface area contributed by atoms with E-state index in [0.717, 1.165) is 19.3 Å². The van der Waals surface area contributed by atoms with E-state index < -0.39 is 49.5 Å². The predicted octanol–water partition coefficient (Wildman–Crippen LogP) is 2.93. The van der Waals surface area contributed by atoms with E-state index >= 15 is 0 Å². The van der Waals surface area contributed by atoms with Crippen LogP contribution in [0.3, 0.4) is 0 Å². The van der Waals surface area contributed by atoms with E-state index in [0.29, 0.717) is 19.3 Å². The maximum absolute atomic E-state index is 12.2. The Bertz CT molecular complexity index is 564. The lowest BCUT2D eigenvalue weighted by atomic mass is 9.99. The van der Waals surface area contributed by atoms with Gasteiger partial charge < -0.3 is 40.3 Å². The van der Waals surface area contributed by atoms with Crippen LogP contribution >= 0.6 is 0 Å². The maximum atomic E-state index is 12.2. The smallest absolute Gasteiger partial charge is 0.220 e. The van der Waals surface area contributed by atoms with Crippen LogP contribution in [0, 0.1) is 0 Å². The molecule has 1 fully saturated rings. The van der Waals surface area contributed by atoms with Crippen molar-refractivity contribution >= 4 is 5.91 Å². The monoisotopic (exact) mass is 533 g/mol. The summed E-state index contributed by atoms with van der Waals surface area (Å²) in [6.07, 6.45) is 9.84. The topological polar surface area (TPSA) is 149 Å². The predicted molar refractivity (Wildman–Crippen MR) is 143 cm³/mol. The van der Waals surface area contributed by atoms with E-state index in [9.17, 15) is 30.3 Å². The van der Waals surface area contributed by atoms with Gasteiger partial charge in [-0.1, -0.05) is 97.3 Å². The minimum atomic E-state index is -1.54. The van der Waals surface area contributed by atoms with Gasteiger partial charge in [0.05, 0.1) is 25.4 Å². The zero-order chi connectivity index (χ0) is 27.5. The second-order valence-corrected chi connectivity index (χ2v) is 10.6. The summed E-state index contributed by atoms with van der Waals surface area (Å²) in [4.78, 5) is 12.2. The number of amides is 1. The third kappa shape index (κ3) is 14.2. The maximum Gasteiger partial charge on any atom is 0.220 e. The number of hydrogen-bond acceptors (Lipinski definition) is 8. The van der Waals surface area contributed by atoms with Crippen molar-refractivity contribution in [2.45, 2.75) is 159 Å². The molecule has 1 aliphatic rings. The van der Waals surface area contributed by atoms with Crippen LogP contribution in [-0.4, -0.2) is 87.5 Å². The highest BCUT2D eigenvalue weighted by molar-refractivity contribution is 5.76. The highest BCUT2D eigenvalue weighted by atomic mass is 16.7. The van der Waals surface area contributed by atoms with Gasteiger partial charge in [0.2, 0.25) is 5.91 Å². The molecule has 0 aliphatic carbocycles. The van der Waals surface area contributed by atoms with Crippen molar-refractivity contribution < 1.29 is 39.8 Å². The summed E-state index contributed by atoms with van der Waals surface area (Å²) in [6, 6.07) is -0.705. The van der Waals surface area contributed by atoms with Crippen molar-refractivity contribution in [2.24, 2.45) is 0 Å².